The third kappa shape index (κ3) is 3.35. The molecule has 8 heteroatoms. The standard InChI is InChI=1S/C22H21FN4O3/c1-3-25(16-10-8-15(23)9-11-16)21(28)17-14-20-22(29)26(12-13-30-2)18-6-4-5-7-19(18)27(20)24-17/h4-11,14H,3,12-13H2,1-2H3. The highest BCUT2D eigenvalue weighted by atomic mass is 19.1. The van der Waals surface area contributed by atoms with Crippen molar-refractivity contribution in [1.82, 2.24) is 14.2 Å². The largest absolute Gasteiger partial charge is 0.383 e. The lowest BCUT2D eigenvalue weighted by molar-refractivity contribution is 0.0983. The van der Waals surface area contributed by atoms with E-state index in [0.717, 1.165) is 0 Å². The monoisotopic (exact) mass is 408 g/mol. The maximum absolute atomic E-state index is 13.3. The van der Waals surface area contributed by atoms with E-state index in [0.29, 0.717) is 41.9 Å². The van der Waals surface area contributed by atoms with Crippen LogP contribution in [0.4, 0.5) is 10.1 Å². The SMILES string of the molecule is CCN(C(=O)c1cc2c(=O)n(CCOC)c3ccccc3n2n1)c1ccc(F)cc1. The van der Waals surface area contributed by atoms with Crippen molar-refractivity contribution in [2.24, 2.45) is 0 Å². The normalized spacial score (nSPS) is 11.3. The molecule has 0 spiro atoms. The minimum absolute atomic E-state index is 0.146. The number of fused-ring (bicyclic) bond motifs is 3. The predicted octanol–water partition coefficient (Wildman–Crippen LogP) is 3.10. The van der Waals surface area contributed by atoms with Gasteiger partial charge in [-0.1, -0.05) is 12.1 Å². The Morgan fingerprint density at radius 1 is 1.10 bits per heavy atom. The lowest BCUT2D eigenvalue weighted by Gasteiger charge is -2.19. The Bertz CT molecular complexity index is 1280. The fourth-order valence-corrected chi connectivity index (χ4v) is 3.55. The van der Waals surface area contributed by atoms with Crippen molar-refractivity contribution < 1.29 is 13.9 Å². The Balaban J connectivity index is 1.86. The third-order valence-electron chi connectivity index (χ3n) is 5.01. The highest BCUT2D eigenvalue weighted by Gasteiger charge is 2.22. The van der Waals surface area contributed by atoms with Gasteiger partial charge in [-0.3, -0.25) is 9.59 Å². The number of hydrogen-bond acceptors (Lipinski definition) is 4. The number of methoxy groups -OCH3 is 1. The van der Waals surface area contributed by atoms with Gasteiger partial charge in [-0.25, -0.2) is 8.91 Å². The Labute approximate surface area is 171 Å². The van der Waals surface area contributed by atoms with Crippen LogP contribution in [-0.2, 0) is 11.3 Å². The molecule has 0 fully saturated rings. The molecule has 4 aromatic rings. The van der Waals surface area contributed by atoms with E-state index in [1.54, 1.807) is 23.8 Å². The zero-order valence-corrected chi connectivity index (χ0v) is 16.7. The average Bonchev–Trinajstić information content (AvgIpc) is 3.21. The molecule has 30 heavy (non-hydrogen) atoms. The fourth-order valence-electron chi connectivity index (χ4n) is 3.55. The number of carbonyl (C=O) groups is 1. The topological polar surface area (TPSA) is 68.8 Å². The van der Waals surface area contributed by atoms with Crippen molar-refractivity contribution in [3.63, 3.8) is 0 Å². The number of amides is 1. The first-order valence-corrected chi connectivity index (χ1v) is 9.63. The molecular weight excluding hydrogens is 387 g/mol. The number of rotatable bonds is 6. The number of ether oxygens (including phenoxy) is 1. The van der Waals surface area contributed by atoms with Crippen LogP contribution in [0.1, 0.15) is 17.4 Å². The molecule has 0 N–H and O–H groups in total. The van der Waals surface area contributed by atoms with Crippen LogP contribution in [0.3, 0.4) is 0 Å². The molecule has 0 radical (unpaired) electrons. The first-order valence-electron chi connectivity index (χ1n) is 9.63. The van der Waals surface area contributed by atoms with Crippen molar-refractivity contribution >= 4 is 28.1 Å². The van der Waals surface area contributed by atoms with E-state index in [4.69, 9.17) is 4.74 Å². The number of para-hydroxylation sites is 2. The molecule has 0 saturated heterocycles. The fraction of sp³-hybridized carbons (Fsp3) is 0.227. The Morgan fingerprint density at radius 2 is 1.80 bits per heavy atom. The van der Waals surface area contributed by atoms with Gasteiger partial charge in [-0.2, -0.15) is 5.10 Å². The summed E-state index contributed by atoms with van der Waals surface area (Å²) in [4.78, 5) is 27.8. The van der Waals surface area contributed by atoms with Gasteiger partial charge in [0.25, 0.3) is 11.5 Å². The molecule has 0 bridgehead atoms. The smallest absolute Gasteiger partial charge is 0.278 e. The number of aromatic nitrogens is 3. The second kappa shape index (κ2) is 8.08. The molecular formula is C22H21FN4O3. The van der Waals surface area contributed by atoms with E-state index in [2.05, 4.69) is 5.10 Å². The van der Waals surface area contributed by atoms with E-state index in [1.165, 1.54) is 27.6 Å². The Kier molecular flexibility index (Phi) is 5.33. The summed E-state index contributed by atoms with van der Waals surface area (Å²) in [6.45, 7) is 2.97. The molecule has 4 rings (SSSR count). The maximum atomic E-state index is 13.3. The van der Waals surface area contributed by atoms with Gasteiger partial charge in [0.1, 0.15) is 11.3 Å². The van der Waals surface area contributed by atoms with Crippen LogP contribution in [0.15, 0.2) is 59.4 Å². The van der Waals surface area contributed by atoms with Crippen LogP contribution in [0.25, 0.3) is 16.6 Å². The Hall–Kier alpha value is -3.52. The van der Waals surface area contributed by atoms with Gasteiger partial charge in [-0.15, -0.1) is 0 Å². The predicted molar refractivity (Wildman–Crippen MR) is 113 cm³/mol. The van der Waals surface area contributed by atoms with Gasteiger partial charge in [0.05, 0.1) is 17.6 Å². The number of carbonyl (C=O) groups excluding carboxylic acids is 1. The first kappa shape index (κ1) is 19.8. The number of anilines is 1. The van der Waals surface area contributed by atoms with Crippen molar-refractivity contribution in [2.75, 3.05) is 25.2 Å². The summed E-state index contributed by atoms with van der Waals surface area (Å²) < 4.78 is 21.5. The van der Waals surface area contributed by atoms with E-state index in [9.17, 15) is 14.0 Å². The molecule has 2 aromatic carbocycles. The first-order chi connectivity index (χ1) is 14.5. The van der Waals surface area contributed by atoms with Crippen molar-refractivity contribution in [2.45, 2.75) is 13.5 Å². The third-order valence-corrected chi connectivity index (χ3v) is 5.01. The summed E-state index contributed by atoms with van der Waals surface area (Å²) in [5.41, 5.74) is 2.19. The van der Waals surface area contributed by atoms with Crippen LogP contribution in [0, 0.1) is 5.82 Å². The van der Waals surface area contributed by atoms with Gasteiger partial charge < -0.3 is 14.2 Å². The second-order valence-electron chi connectivity index (χ2n) is 6.79. The molecule has 0 aliphatic heterocycles. The van der Waals surface area contributed by atoms with E-state index < -0.39 is 0 Å². The van der Waals surface area contributed by atoms with Crippen LogP contribution < -0.4 is 10.5 Å². The van der Waals surface area contributed by atoms with Gasteiger partial charge >= 0.3 is 0 Å². The van der Waals surface area contributed by atoms with Crippen LogP contribution in [0.2, 0.25) is 0 Å². The van der Waals surface area contributed by atoms with Crippen molar-refractivity contribution in [3.05, 3.63) is 76.5 Å². The number of halogens is 1. The molecule has 1 amide bonds. The number of benzene rings is 2. The molecule has 0 aliphatic carbocycles. The number of nitrogens with zero attached hydrogens (tertiary/aromatic N) is 4. The summed E-state index contributed by atoms with van der Waals surface area (Å²) >= 11 is 0. The summed E-state index contributed by atoms with van der Waals surface area (Å²) in [7, 11) is 1.58. The van der Waals surface area contributed by atoms with Crippen LogP contribution >= 0.6 is 0 Å². The molecule has 0 saturated carbocycles. The summed E-state index contributed by atoms with van der Waals surface area (Å²) in [5, 5.41) is 4.44. The molecule has 0 unspecified atom stereocenters. The van der Waals surface area contributed by atoms with Gasteiger partial charge in [0, 0.05) is 32.0 Å². The zero-order chi connectivity index (χ0) is 21.3. The molecule has 154 valence electrons. The van der Waals surface area contributed by atoms with E-state index >= 15 is 0 Å². The lowest BCUT2D eigenvalue weighted by Crippen LogP contribution is -2.31. The van der Waals surface area contributed by atoms with Crippen molar-refractivity contribution in [1.29, 1.82) is 0 Å². The summed E-state index contributed by atoms with van der Waals surface area (Å²) in [6.07, 6.45) is 0. The quantitative estimate of drug-likeness (QED) is 0.492. The highest BCUT2D eigenvalue weighted by molar-refractivity contribution is 6.05. The summed E-state index contributed by atoms with van der Waals surface area (Å²) in [6, 6.07) is 14.6. The molecule has 0 atom stereocenters. The minimum Gasteiger partial charge on any atom is -0.383 e. The molecule has 0 aliphatic rings. The Morgan fingerprint density at radius 3 is 2.47 bits per heavy atom. The molecule has 7 nitrogen and oxygen atoms in total. The average molecular weight is 408 g/mol. The lowest BCUT2D eigenvalue weighted by atomic mass is 10.2. The van der Waals surface area contributed by atoms with E-state index in [-0.39, 0.29) is 23.0 Å². The zero-order valence-electron chi connectivity index (χ0n) is 16.7. The van der Waals surface area contributed by atoms with Gasteiger partial charge in [0.15, 0.2) is 5.69 Å². The van der Waals surface area contributed by atoms with Gasteiger partial charge in [0.2, 0.25) is 0 Å². The maximum Gasteiger partial charge on any atom is 0.278 e. The van der Waals surface area contributed by atoms with Gasteiger partial charge in [-0.05, 0) is 43.3 Å². The minimum atomic E-state index is -0.377. The highest BCUT2D eigenvalue weighted by Crippen LogP contribution is 2.20. The molecule has 2 heterocycles. The summed E-state index contributed by atoms with van der Waals surface area (Å²) in [5.74, 6) is -0.738. The van der Waals surface area contributed by atoms with Crippen LogP contribution in [0.5, 0.6) is 0 Å². The van der Waals surface area contributed by atoms with E-state index in [1.807, 2.05) is 31.2 Å². The van der Waals surface area contributed by atoms with Crippen LogP contribution in [-0.4, -0.2) is 40.3 Å². The second-order valence-corrected chi connectivity index (χ2v) is 6.79. The number of hydrogen-bond donors (Lipinski definition) is 0. The van der Waals surface area contributed by atoms with Crippen molar-refractivity contribution in [3.8, 4) is 0 Å². The molecule has 2 aromatic heterocycles.